The Morgan fingerprint density at radius 1 is 1.15 bits per heavy atom. The fourth-order valence-electron chi connectivity index (χ4n) is 3.23. The van der Waals surface area contributed by atoms with Crippen molar-refractivity contribution in [2.45, 2.75) is 25.9 Å². The first-order valence-corrected chi connectivity index (χ1v) is 9.36. The van der Waals surface area contributed by atoms with Crippen molar-refractivity contribution in [3.05, 3.63) is 75.4 Å². The maximum atomic E-state index is 12.9. The highest BCUT2D eigenvalue weighted by atomic mass is 35.5. The van der Waals surface area contributed by atoms with Crippen LogP contribution in [0.15, 0.2) is 48.7 Å². The average Bonchev–Trinajstić information content (AvgIpc) is 2.63. The molecule has 3 rings (SSSR count). The highest BCUT2D eigenvalue weighted by Gasteiger charge is 2.29. The molecule has 0 aromatic heterocycles. The van der Waals surface area contributed by atoms with Crippen LogP contribution in [-0.2, 0) is 16.1 Å². The van der Waals surface area contributed by atoms with Crippen molar-refractivity contribution in [1.29, 1.82) is 0 Å². The molecule has 0 aliphatic carbocycles. The monoisotopic (exact) mass is 402 g/mol. The van der Waals surface area contributed by atoms with E-state index in [9.17, 15) is 9.59 Å². The van der Waals surface area contributed by atoms with Crippen molar-refractivity contribution in [3.8, 4) is 0 Å². The minimum atomic E-state index is -0.320. The standard InChI is InChI=1S/C21H20Cl2N2O2/c1-14(26)25-10-9-15-5-3-4-6-18(15)20(25)12-21(27)24(2)13-16-7-8-17(22)11-19(16)23/h3-11,20H,12-13H2,1-2H3/t20-/m1/s1. The molecule has 0 saturated heterocycles. The molecule has 27 heavy (non-hydrogen) atoms. The molecule has 1 heterocycles. The molecular weight excluding hydrogens is 383 g/mol. The van der Waals surface area contributed by atoms with Gasteiger partial charge in [-0.15, -0.1) is 0 Å². The number of fused-ring (bicyclic) bond motifs is 1. The number of halogens is 2. The molecule has 0 unspecified atom stereocenters. The number of hydrogen-bond donors (Lipinski definition) is 0. The Morgan fingerprint density at radius 3 is 2.59 bits per heavy atom. The van der Waals surface area contributed by atoms with Crippen LogP contribution in [0.3, 0.4) is 0 Å². The van der Waals surface area contributed by atoms with Gasteiger partial charge in [-0.2, -0.15) is 0 Å². The summed E-state index contributed by atoms with van der Waals surface area (Å²) in [6.07, 6.45) is 3.84. The number of carbonyl (C=O) groups is 2. The summed E-state index contributed by atoms with van der Waals surface area (Å²) < 4.78 is 0. The molecule has 140 valence electrons. The highest BCUT2D eigenvalue weighted by molar-refractivity contribution is 6.35. The summed E-state index contributed by atoms with van der Waals surface area (Å²) in [7, 11) is 1.73. The third kappa shape index (κ3) is 4.34. The zero-order chi connectivity index (χ0) is 19.6. The summed E-state index contributed by atoms with van der Waals surface area (Å²) in [5.41, 5.74) is 2.82. The minimum Gasteiger partial charge on any atom is -0.341 e. The Hall–Kier alpha value is -2.30. The summed E-state index contributed by atoms with van der Waals surface area (Å²) >= 11 is 12.1. The second-order valence-electron chi connectivity index (χ2n) is 6.58. The van der Waals surface area contributed by atoms with E-state index in [1.165, 1.54) is 6.92 Å². The van der Waals surface area contributed by atoms with Gasteiger partial charge in [0.2, 0.25) is 11.8 Å². The van der Waals surface area contributed by atoms with E-state index in [0.29, 0.717) is 16.6 Å². The van der Waals surface area contributed by atoms with E-state index in [1.54, 1.807) is 35.2 Å². The second kappa shape index (κ2) is 8.15. The smallest absolute Gasteiger partial charge is 0.225 e. The average molecular weight is 403 g/mol. The number of benzene rings is 2. The second-order valence-corrected chi connectivity index (χ2v) is 7.42. The maximum Gasteiger partial charge on any atom is 0.225 e. The van der Waals surface area contributed by atoms with E-state index in [0.717, 1.165) is 16.7 Å². The number of amides is 2. The summed E-state index contributed by atoms with van der Waals surface area (Å²) in [6.45, 7) is 1.88. The molecule has 0 bridgehead atoms. The fourth-order valence-corrected chi connectivity index (χ4v) is 3.70. The quantitative estimate of drug-likeness (QED) is 0.728. The Balaban J connectivity index is 1.78. The number of carbonyl (C=O) groups excluding carboxylic acids is 2. The Labute approximate surface area is 169 Å². The Morgan fingerprint density at radius 2 is 1.89 bits per heavy atom. The van der Waals surface area contributed by atoms with Gasteiger partial charge < -0.3 is 9.80 Å². The van der Waals surface area contributed by atoms with Crippen molar-refractivity contribution in [2.24, 2.45) is 0 Å². The molecule has 1 atom stereocenters. The number of hydrogen-bond acceptors (Lipinski definition) is 2. The van der Waals surface area contributed by atoms with Crippen LogP contribution >= 0.6 is 23.2 Å². The van der Waals surface area contributed by atoms with Crippen molar-refractivity contribution in [3.63, 3.8) is 0 Å². The van der Waals surface area contributed by atoms with Gasteiger partial charge in [0.1, 0.15) is 0 Å². The van der Waals surface area contributed by atoms with Gasteiger partial charge in [0.05, 0.1) is 12.5 Å². The largest absolute Gasteiger partial charge is 0.341 e. The molecule has 0 spiro atoms. The maximum absolute atomic E-state index is 12.9. The van der Waals surface area contributed by atoms with Crippen LogP contribution in [0.2, 0.25) is 10.0 Å². The molecule has 6 heteroatoms. The molecule has 2 aromatic carbocycles. The lowest BCUT2D eigenvalue weighted by atomic mass is 9.93. The van der Waals surface area contributed by atoms with E-state index in [1.807, 2.05) is 36.4 Å². The van der Waals surface area contributed by atoms with E-state index in [4.69, 9.17) is 23.2 Å². The van der Waals surface area contributed by atoms with Crippen LogP contribution in [0, 0.1) is 0 Å². The highest BCUT2D eigenvalue weighted by Crippen LogP contribution is 2.33. The third-order valence-corrected chi connectivity index (χ3v) is 5.27. The first-order valence-electron chi connectivity index (χ1n) is 8.60. The lowest BCUT2D eigenvalue weighted by Gasteiger charge is -2.33. The minimum absolute atomic E-state index is 0.0673. The first-order chi connectivity index (χ1) is 12.9. The molecular formula is C21H20Cl2N2O2. The van der Waals surface area contributed by atoms with Gasteiger partial charge in [0.25, 0.3) is 0 Å². The van der Waals surface area contributed by atoms with E-state index >= 15 is 0 Å². The molecule has 0 N–H and O–H groups in total. The molecule has 0 radical (unpaired) electrons. The number of rotatable bonds is 4. The van der Waals surface area contributed by atoms with Crippen LogP contribution < -0.4 is 0 Å². The third-order valence-electron chi connectivity index (χ3n) is 4.69. The molecule has 1 aliphatic heterocycles. The van der Waals surface area contributed by atoms with Gasteiger partial charge in [-0.3, -0.25) is 9.59 Å². The van der Waals surface area contributed by atoms with Crippen LogP contribution in [0.5, 0.6) is 0 Å². The van der Waals surface area contributed by atoms with Gasteiger partial charge in [-0.05, 0) is 34.9 Å². The molecule has 2 aromatic rings. The van der Waals surface area contributed by atoms with Crippen LogP contribution in [0.25, 0.3) is 6.08 Å². The summed E-state index contributed by atoms with van der Waals surface area (Å²) in [5.74, 6) is -0.163. The Bertz CT molecular complexity index is 911. The zero-order valence-corrected chi connectivity index (χ0v) is 16.7. The van der Waals surface area contributed by atoms with Crippen molar-refractivity contribution in [1.82, 2.24) is 9.80 Å². The fraction of sp³-hybridized carbons (Fsp3) is 0.238. The molecule has 0 fully saturated rings. The van der Waals surface area contributed by atoms with Gasteiger partial charge in [-0.1, -0.05) is 53.5 Å². The Kier molecular flexibility index (Phi) is 5.88. The first kappa shape index (κ1) is 19.5. The molecule has 2 amide bonds. The van der Waals surface area contributed by atoms with E-state index in [-0.39, 0.29) is 24.3 Å². The van der Waals surface area contributed by atoms with Gasteiger partial charge in [-0.25, -0.2) is 0 Å². The summed E-state index contributed by atoms with van der Waals surface area (Å²) in [4.78, 5) is 28.2. The van der Waals surface area contributed by atoms with Crippen molar-refractivity contribution < 1.29 is 9.59 Å². The van der Waals surface area contributed by atoms with Crippen LogP contribution in [0.4, 0.5) is 0 Å². The SMILES string of the molecule is CC(=O)N1C=Cc2ccccc2[C@H]1CC(=O)N(C)Cc1ccc(Cl)cc1Cl. The summed E-state index contributed by atoms with van der Waals surface area (Å²) in [6, 6.07) is 12.7. The lowest BCUT2D eigenvalue weighted by Crippen LogP contribution is -2.35. The van der Waals surface area contributed by atoms with Crippen molar-refractivity contribution >= 4 is 41.1 Å². The molecule has 0 saturated carbocycles. The van der Waals surface area contributed by atoms with E-state index < -0.39 is 0 Å². The van der Waals surface area contributed by atoms with Crippen LogP contribution in [-0.4, -0.2) is 28.7 Å². The lowest BCUT2D eigenvalue weighted by molar-refractivity contribution is -0.134. The van der Waals surface area contributed by atoms with Crippen molar-refractivity contribution in [2.75, 3.05) is 7.05 Å². The van der Waals surface area contributed by atoms with E-state index in [2.05, 4.69) is 0 Å². The number of nitrogens with zero attached hydrogens (tertiary/aromatic N) is 2. The van der Waals surface area contributed by atoms with Crippen LogP contribution in [0.1, 0.15) is 36.1 Å². The predicted molar refractivity (Wildman–Crippen MR) is 108 cm³/mol. The normalized spacial score (nSPS) is 15.4. The predicted octanol–water partition coefficient (Wildman–Crippen LogP) is 4.92. The summed E-state index contributed by atoms with van der Waals surface area (Å²) in [5, 5.41) is 1.08. The molecule has 4 nitrogen and oxygen atoms in total. The topological polar surface area (TPSA) is 40.6 Å². The van der Waals surface area contributed by atoms with Gasteiger partial charge in [0.15, 0.2) is 0 Å². The van der Waals surface area contributed by atoms with Gasteiger partial charge >= 0.3 is 0 Å². The van der Waals surface area contributed by atoms with Gasteiger partial charge in [0, 0.05) is 36.8 Å². The zero-order valence-electron chi connectivity index (χ0n) is 15.2. The molecule has 1 aliphatic rings.